The van der Waals surface area contributed by atoms with Crippen LogP contribution in [0.3, 0.4) is 0 Å². The third-order valence-electron chi connectivity index (χ3n) is 2.26. The van der Waals surface area contributed by atoms with Crippen molar-refractivity contribution in [2.24, 2.45) is 0 Å². The lowest BCUT2D eigenvalue weighted by atomic mass is 9.78. The first kappa shape index (κ1) is 11.1. The first-order chi connectivity index (χ1) is 6.60. The van der Waals surface area contributed by atoms with Gasteiger partial charge in [0.05, 0.1) is 7.11 Å². The van der Waals surface area contributed by atoms with Crippen LogP contribution in [0.2, 0.25) is 0 Å². The van der Waals surface area contributed by atoms with Crippen molar-refractivity contribution in [2.45, 2.75) is 20.3 Å². The summed E-state index contributed by atoms with van der Waals surface area (Å²) in [6.45, 7) is 3.90. The predicted molar refractivity (Wildman–Crippen MR) is 56.9 cm³/mol. The fourth-order valence-corrected chi connectivity index (χ4v) is 1.58. The minimum Gasteiger partial charge on any atom is -0.496 e. The molecule has 4 heteroatoms. The molecule has 0 fully saturated rings. The van der Waals surface area contributed by atoms with Gasteiger partial charge in [-0.15, -0.1) is 0 Å². The lowest BCUT2D eigenvalue weighted by Crippen LogP contribution is -2.30. The van der Waals surface area contributed by atoms with Crippen LogP contribution in [0.25, 0.3) is 0 Å². The minimum atomic E-state index is -1.41. The summed E-state index contributed by atoms with van der Waals surface area (Å²) in [5.41, 5.74) is 2.44. The quantitative estimate of drug-likeness (QED) is 0.678. The third kappa shape index (κ3) is 2.08. The van der Waals surface area contributed by atoms with E-state index in [0.29, 0.717) is 5.46 Å². The zero-order valence-corrected chi connectivity index (χ0v) is 8.74. The number of hydrogen-bond donors (Lipinski definition) is 2. The zero-order valence-electron chi connectivity index (χ0n) is 8.74. The van der Waals surface area contributed by atoms with Crippen LogP contribution in [0.1, 0.15) is 18.1 Å². The smallest absolute Gasteiger partial charge is 0.488 e. The number of aryl methyl sites for hydroxylation is 2. The van der Waals surface area contributed by atoms with Gasteiger partial charge in [0.15, 0.2) is 0 Å². The SMILES string of the molecule is CCc1cc(B(O)O)cc(C)c1OC. The van der Waals surface area contributed by atoms with Crippen LogP contribution in [0.5, 0.6) is 5.75 Å². The Kier molecular flexibility index (Phi) is 3.55. The summed E-state index contributed by atoms with van der Waals surface area (Å²) in [6.07, 6.45) is 0.810. The highest BCUT2D eigenvalue weighted by Gasteiger charge is 2.15. The van der Waals surface area contributed by atoms with Crippen molar-refractivity contribution < 1.29 is 14.8 Å². The van der Waals surface area contributed by atoms with Gasteiger partial charge in [-0.1, -0.05) is 19.1 Å². The van der Waals surface area contributed by atoms with Crippen molar-refractivity contribution in [3.8, 4) is 5.75 Å². The van der Waals surface area contributed by atoms with Crippen molar-refractivity contribution in [3.05, 3.63) is 23.3 Å². The Hall–Kier alpha value is -0.995. The van der Waals surface area contributed by atoms with Crippen LogP contribution >= 0.6 is 0 Å². The van der Waals surface area contributed by atoms with Crippen molar-refractivity contribution in [3.63, 3.8) is 0 Å². The van der Waals surface area contributed by atoms with Crippen LogP contribution < -0.4 is 10.2 Å². The molecule has 0 unspecified atom stereocenters. The minimum absolute atomic E-state index is 0.514. The maximum absolute atomic E-state index is 9.05. The van der Waals surface area contributed by atoms with E-state index >= 15 is 0 Å². The van der Waals surface area contributed by atoms with Crippen molar-refractivity contribution >= 4 is 12.6 Å². The first-order valence-corrected chi connectivity index (χ1v) is 4.63. The maximum Gasteiger partial charge on any atom is 0.488 e. The van der Waals surface area contributed by atoms with E-state index in [2.05, 4.69) is 0 Å². The largest absolute Gasteiger partial charge is 0.496 e. The summed E-state index contributed by atoms with van der Waals surface area (Å²) in [6, 6.07) is 3.49. The molecule has 0 amide bonds. The summed E-state index contributed by atoms with van der Waals surface area (Å²) in [4.78, 5) is 0. The van der Waals surface area contributed by atoms with Gasteiger partial charge in [0.1, 0.15) is 5.75 Å². The summed E-state index contributed by atoms with van der Waals surface area (Å²) in [5.74, 6) is 0.830. The molecule has 76 valence electrons. The molecule has 0 bridgehead atoms. The standard InChI is InChI=1S/C10H15BO3/c1-4-8-6-9(11(12)13)5-7(2)10(8)14-3/h5-6,12-13H,4H2,1-3H3. The number of rotatable bonds is 3. The second kappa shape index (κ2) is 4.48. The molecule has 3 nitrogen and oxygen atoms in total. The van der Waals surface area contributed by atoms with Crippen LogP contribution in [-0.4, -0.2) is 24.3 Å². The van der Waals surface area contributed by atoms with E-state index in [1.807, 2.05) is 13.8 Å². The van der Waals surface area contributed by atoms with E-state index in [1.165, 1.54) is 0 Å². The molecule has 0 spiro atoms. The van der Waals surface area contributed by atoms with E-state index < -0.39 is 7.12 Å². The lowest BCUT2D eigenvalue weighted by Gasteiger charge is -2.12. The molecular weight excluding hydrogens is 179 g/mol. The van der Waals surface area contributed by atoms with E-state index in [1.54, 1.807) is 19.2 Å². The van der Waals surface area contributed by atoms with E-state index in [4.69, 9.17) is 14.8 Å². The fraction of sp³-hybridized carbons (Fsp3) is 0.400. The number of ether oxygens (including phenoxy) is 1. The molecule has 0 aliphatic carbocycles. The molecule has 14 heavy (non-hydrogen) atoms. The topological polar surface area (TPSA) is 49.7 Å². The Bertz CT molecular complexity index is 323. The summed E-state index contributed by atoms with van der Waals surface area (Å²) in [7, 11) is 0.209. The third-order valence-corrected chi connectivity index (χ3v) is 2.26. The highest BCUT2D eigenvalue weighted by atomic mass is 16.5. The van der Waals surface area contributed by atoms with Gasteiger partial charge < -0.3 is 14.8 Å². The van der Waals surface area contributed by atoms with Gasteiger partial charge in [0.2, 0.25) is 0 Å². The molecule has 0 radical (unpaired) electrons. The average Bonchev–Trinajstić information content (AvgIpc) is 2.16. The molecule has 0 saturated heterocycles. The summed E-state index contributed by atoms with van der Waals surface area (Å²) < 4.78 is 5.24. The van der Waals surface area contributed by atoms with Crippen molar-refractivity contribution in [1.29, 1.82) is 0 Å². The predicted octanol–water partition coefficient (Wildman–Crippen LogP) is 0.246. The van der Waals surface area contributed by atoms with Gasteiger partial charge in [-0.25, -0.2) is 0 Å². The van der Waals surface area contributed by atoms with Gasteiger partial charge in [-0.05, 0) is 29.9 Å². The molecular formula is C10H15BO3. The fourth-order valence-electron chi connectivity index (χ4n) is 1.58. The maximum atomic E-state index is 9.05. The Morgan fingerprint density at radius 1 is 1.36 bits per heavy atom. The van der Waals surface area contributed by atoms with Gasteiger partial charge in [-0.3, -0.25) is 0 Å². The Balaban J connectivity index is 3.24. The summed E-state index contributed by atoms with van der Waals surface area (Å²) in [5, 5.41) is 18.1. The summed E-state index contributed by atoms with van der Waals surface area (Å²) >= 11 is 0. The molecule has 1 aromatic carbocycles. The van der Waals surface area contributed by atoms with E-state index in [9.17, 15) is 0 Å². The van der Waals surface area contributed by atoms with Gasteiger partial charge in [0.25, 0.3) is 0 Å². The van der Waals surface area contributed by atoms with E-state index in [-0.39, 0.29) is 0 Å². The van der Waals surface area contributed by atoms with Crippen LogP contribution in [0.4, 0.5) is 0 Å². The molecule has 0 aromatic heterocycles. The second-order valence-corrected chi connectivity index (χ2v) is 3.26. The molecule has 1 rings (SSSR count). The Morgan fingerprint density at radius 2 is 2.00 bits per heavy atom. The average molecular weight is 194 g/mol. The van der Waals surface area contributed by atoms with E-state index in [0.717, 1.165) is 23.3 Å². The van der Waals surface area contributed by atoms with Crippen molar-refractivity contribution in [1.82, 2.24) is 0 Å². The Labute approximate surface area is 84.5 Å². The normalized spacial score (nSPS) is 10.1. The van der Waals surface area contributed by atoms with Crippen LogP contribution in [0, 0.1) is 6.92 Å². The Morgan fingerprint density at radius 3 is 2.43 bits per heavy atom. The second-order valence-electron chi connectivity index (χ2n) is 3.26. The highest BCUT2D eigenvalue weighted by Crippen LogP contribution is 2.22. The molecule has 0 saturated carbocycles. The van der Waals surface area contributed by atoms with Crippen LogP contribution in [-0.2, 0) is 6.42 Å². The molecule has 0 aliphatic heterocycles. The number of hydrogen-bond acceptors (Lipinski definition) is 3. The van der Waals surface area contributed by atoms with Crippen molar-refractivity contribution in [2.75, 3.05) is 7.11 Å². The molecule has 0 heterocycles. The van der Waals surface area contributed by atoms with Gasteiger partial charge >= 0.3 is 7.12 Å². The van der Waals surface area contributed by atoms with Gasteiger partial charge in [0, 0.05) is 0 Å². The number of methoxy groups -OCH3 is 1. The van der Waals surface area contributed by atoms with Gasteiger partial charge in [-0.2, -0.15) is 0 Å². The van der Waals surface area contributed by atoms with Crippen LogP contribution in [0.15, 0.2) is 12.1 Å². The first-order valence-electron chi connectivity index (χ1n) is 4.63. The molecule has 0 atom stereocenters. The number of benzene rings is 1. The zero-order chi connectivity index (χ0) is 10.7. The lowest BCUT2D eigenvalue weighted by molar-refractivity contribution is 0.406. The molecule has 0 aliphatic rings. The molecule has 1 aromatic rings. The monoisotopic (exact) mass is 194 g/mol. The highest BCUT2D eigenvalue weighted by molar-refractivity contribution is 6.58. The molecule has 2 N–H and O–H groups in total.